The number of thiophene rings is 1. The van der Waals surface area contributed by atoms with E-state index in [-0.39, 0.29) is 6.04 Å². The van der Waals surface area contributed by atoms with Gasteiger partial charge in [-0.25, -0.2) is 0 Å². The van der Waals surface area contributed by atoms with Gasteiger partial charge in [0.2, 0.25) is 0 Å². The predicted molar refractivity (Wildman–Crippen MR) is 64.7 cm³/mol. The van der Waals surface area contributed by atoms with Crippen LogP contribution in [0.1, 0.15) is 49.9 Å². The molecule has 0 aliphatic heterocycles. The molecule has 1 rings (SSSR count). The van der Waals surface area contributed by atoms with Gasteiger partial charge in [0, 0.05) is 15.8 Å². The van der Waals surface area contributed by atoms with Gasteiger partial charge in [0.05, 0.1) is 0 Å². The zero-order valence-electron chi connectivity index (χ0n) is 9.63. The molecule has 0 fully saturated rings. The quantitative estimate of drug-likeness (QED) is 0.809. The highest BCUT2D eigenvalue weighted by Crippen LogP contribution is 2.31. The average molecular weight is 211 g/mol. The van der Waals surface area contributed by atoms with E-state index in [4.69, 9.17) is 5.73 Å². The number of nitrogens with two attached hydrogens (primary N) is 1. The molecule has 0 aliphatic rings. The van der Waals surface area contributed by atoms with Gasteiger partial charge in [0.1, 0.15) is 0 Å². The van der Waals surface area contributed by atoms with E-state index in [2.05, 4.69) is 39.8 Å². The highest BCUT2D eigenvalue weighted by molar-refractivity contribution is 7.12. The summed E-state index contributed by atoms with van der Waals surface area (Å²) in [5.41, 5.74) is 6.47. The third-order valence-electron chi connectivity index (χ3n) is 2.23. The van der Waals surface area contributed by atoms with E-state index in [0.717, 1.165) is 12.8 Å². The number of rotatable bonds is 3. The number of aryl methyl sites for hydroxylation is 1. The molecule has 1 nitrogen and oxygen atoms in total. The van der Waals surface area contributed by atoms with Gasteiger partial charge in [0.15, 0.2) is 0 Å². The molecular formula is C12H21NS. The Kier molecular flexibility index (Phi) is 3.73. The molecule has 0 aromatic carbocycles. The van der Waals surface area contributed by atoms with E-state index in [1.165, 1.54) is 9.75 Å². The normalized spacial score (nSPS) is 14.4. The molecule has 0 spiro atoms. The predicted octanol–water partition coefficient (Wildman–Crippen LogP) is 3.75. The Morgan fingerprint density at radius 3 is 2.43 bits per heavy atom. The summed E-state index contributed by atoms with van der Waals surface area (Å²) in [6.45, 7) is 8.90. The van der Waals surface area contributed by atoms with Crippen LogP contribution in [0.2, 0.25) is 0 Å². The van der Waals surface area contributed by atoms with Crippen LogP contribution in [0.25, 0.3) is 0 Å². The molecule has 0 bridgehead atoms. The topological polar surface area (TPSA) is 26.0 Å². The first-order valence-corrected chi connectivity index (χ1v) is 6.08. The van der Waals surface area contributed by atoms with Crippen LogP contribution in [0.3, 0.4) is 0 Å². The van der Waals surface area contributed by atoms with Crippen molar-refractivity contribution < 1.29 is 0 Å². The van der Waals surface area contributed by atoms with Crippen molar-refractivity contribution in [1.82, 2.24) is 0 Å². The van der Waals surface area contributed by atoms with Gasteiger partial charge in [-0.1, -0.05) is 27.7 Å². The lowest BCUT2D eigenvalue weighted by Gasteiger charge is -2.22. The molecule has 1 aromatic rings. The van der Waals surface area contributed by atoms with E-state index in [0.29, 0.717) is 5.41 Å². The van der Waals surface area contributed by atoms with E-state index in [1.807, 2.05) is 11.3 Å². The van der Waals surface area contributed by atoms with Crippen LogP contribution >= 0.6 is 11.3 Å². The van der Waals surface area contributed by atoms with Crippen LogP contribution in [-0.4, -0.2) is 0 Å². The summed E-state index contributed by atoms with van der Waals surface area (Å²) in [5, 5.41) is 0. The van der Waals surface area contributed by atoms with Crippen LogP contribution < -0.4 is 5.73 Å². The Morgan fingerprint density at radius 2 is 2.00 bits per heavy atom. The maximum atomic E-state index is 6.16. The minimum Gasteiger partial charge on any atom is -0.323 e. The Balaban J connectivity index is 2.65. The molecule has 1 unspecified atom stereocenters. The number of hydrogen-bond donors (Lipinski definition) is 1. The van der Waals surface area contributed by atoms with Crippen molar-refractivity contribution in [3.05, 3.63) is 21.9 Å². The summed E-state index contributed by atoms with van der Waals surface area (Å²) in [6.07, 6.45) is 2.17. The van der Waals surface area contributed by atoms with E-state index in [9.17, 15) is 0 Å². The van der Waals surface area contributed by atoms with Gasteiger partial charge in [-0.3, -0.25) is 0 Å². The van der Waals surface area contributed by atoms with E-state index >= 15 is 0 Å². The first-order chi connectivity index (χ1) is 6.42. The molecule has 0 saturated carbocycles. The summed E-state index contributed by atoms with van der Waals surface area (Å²) in [7, 11) is 0. The summed E-state index contributed by atoms with van der Waals surface area (Å²) >= 11 is 1.86. The Bertz CT molecular complexity index is 283. The van der Waals surface area contributed by atoms with E-state index < -0.39 is 0 Å². The SMILES string of the molecule is CCc1ccc(C(N)CC(C)(C)C)s1. The molecule has 1 heterocycles. The maximum absolute atomic E-state index is 6.16. The number of hydrogen-bond acceptors (Lipinski definition) is 2. The first kappa shape index (κ1) is 11.7. The molecule has 14 heavy (non-hydrogen) atoms. The fourth-order valence-corrected chi connectivity index (χ4v) is 2.50. The molecule has 0 aliphatic carbocycles. The molecule has 2 heteroatoms. The average Bonchev–Trinajstić information content (AvgIpc) is 2.48. The van der Waals surface area contributed by atoms with Gasteiger partial charge in [-0.2, -0.15) is 0 Å². The van der Waals surface area contributed by atoms with E-state index in [1.54, 1.807) is 0 Å². The largest absolute Gasteiger partial charge is 0.323 e. The summed E-state index contributed by atoms with van der Waals surface area (Å²) < 4.78 is 0. The highest BCUT2D eigenvalue weighted by atomic mass is 32.1. The van der Waals surface area contributed by atoms with Crippen LogP contribution in [0.5, 0.6) is 0 Å². The lowest BCUT2D eigenvalue weighted by atomic mass is 9.88. The van der Waals surface area contributed by atoms with Gasteiger partial charge in [-0.05, 0) is 30.4 Å². The van der Waals surface area contributed by atoms with Crippen LogP contribution in [0.15, 0.2) is 12.1 Å². The minimum absolute atomic E-state index is 0.209. The second-order valence-corrected chi connectivity index (χ2v) is 6.23. The fraction of sp³-hybridized carbons (Fsp3) is 0.667. The summed E-state index contributed by atoms with van der Waals surface area (Å²) in [5.74, 6) is 0. The molecule has 80 valence electrons. The molecule has 0 radical (unpaired) electrons. The summed E-state index contributed by atoms with van der Waals surface area (Å²) in [6, 6.07) is 4.59. The van der Waals surface area contributed by atoms with Crippen molar-refractivity contribution in [1.29, 1.82) is 0 Å². The van der Waals surface area contributed by atoms with Gasteiger partial charge < -0.3 is 5.73 Å². The molecule has 1 atom stereocenters. The van der Waals surface area contributed by atoms with Gasteiger partial charge >= 0.3 is 0 Å². The Hall–Kier alpha value is -0.340. The van der Waals surface area contributed by atoms with Crippen molar-refractivity contribution in [2.75, 3.05) is 0 Å². The second-order valence-electron chi connectivity index (χ2n) is 5.03. The van der Waals surface area contributed by atoms with Crippen molar-refractivity contribution in [2.24, 2.45) is 11.1 Å². The van der Waals surface area contributed by atoms with Crippen molar-refractivity contribution in [3.8, 4) is 0 Å². The zero-order valence-corrected chi connectivity index (χ0v) is 10.4. The van der Waals surface area contributed by atoms with Crippen LogP contribution in [-0.2, 0) is 6.42 Å². The van der Waals surface area contributed by atoms with Crippen molar-refractivity contribution >= 4 is 11.3 Å². The van der Waals surface area contributed by atoms with Crippen LogP contribution in [0.4, 0.5) is 0 Å². The van der Waals surface area contributed by atoms with Crippen LogP contribution in [0, 0.1) is 5.41 Å². The fourth-order valence-electron chi connectivity index (χ4n) is 1.54. The van der Waals surface area contributed by atoms with Crippen molar-refractivity contribution in [3.63, 3.8) is 0 Å². The molecule has 1 aromatic heterocycles. The third kappa shape index (κ3) is 3.43. The van der Waals surface area contributed by atoms with Gasteiger partial charge in [-0.15, -0.1) is 11.3 Å². The zero-order chi connectivity index (χ0) is 10.8. The third-order valence-corrected chi connectivity index (χ3v) is 3.59. The first-order valence-electron chi connectivity index (χ1n) is 5.26. The standard InChI is InChI=1S/C12H21NS/c1-5-9-6-7-11(14-9)10(13)8-12(2,3)4/h6-7,10H,5,8,13H2,1-4H3. The molecule has 0 amide bonds. The van der Waals surface area contributed by atoms with Gasteiger partial charge in [0.25, 0.3) is 0 Å². The molecular weight excluding hydrogens is 190 g/mol. The highest BCUT2D eigenvalue weighted by Gasteiger charge is 2.17. The Labute approximate surface area is 91.3 Å². The van der Waals surface area contributed by atoms with Crippen molar-refractivity contribution in [2.45, 2.75) is 46.6 Å². The molecule has 0 saturated heterocycles. The smallest absolute Gasteiger partial charge is 0.0394 e. The monoisotopic (exact) mass is 211 g/mol. The maximum Gasteiger partial charge on any atom is 0.0394 e. The Morgan fingerprint density at radius 1 is 1.36 bits per heavy atom. The lowest BCUT2D eigenvalue weighted by Crippen LogP contribution is -2.17. The minimum atomic E-state index is 0.209. The lowest BCUT2D eigenvalue weighted by molar-refractivity contribution is 0.345. The second kappa shape index (κ2) is 4.45. The summed E-state index contributed by atoms with van der Waals surface area (Å²) in [4.78, 5) is 2.76. The molecule has 2 N–H and O–H groups in total.